The maximum Gasteiger partial charge on any atom is 0.261 e. The molecule has 0 bridgehead atoms. The molecule has 4 aromatic rings. The Balaban J connectivity index is 1.24. The number of hydrogen-bond acceptors (Lipinski definition) is 4. The van der Waals surface area contributed by atoms with Crippen molar-refractivity contribution in [1.29, 1.82) is 0 Å². The Morgan fingerprint density at radius 2 is 1.97 bits per heavy atom. The first-order chi connectivity index (χ1) is 15.7. The van der Waals surface area contributed by atoms with Gasteiger partial charge in [-0.1, -0.05) is 18.2 Å². The molecule has 0 spiro atoms. The molecule has 0 saturated heterocycles. The van der Waals surface area contributed by atoms with Crippen molar-refractivity contribution in [2.45, 2.75) is 6.42 Å². The van der Waals surface area contributed by atoms with Crippen LogP contribution in [0.2, 0.25) is 0 Å². The van der Waals surface area contributed by atoms with E-state index in [1.165, 1.54) is 18.6 Å². The molecule has 158 valence electrons. The normalized spacial score (nSPS) is 12.8. The van der Waals surface area contributed by atoms with E-state index >= 15 is 0 Å². The Labute approximate surface area is 184 Å². The fraction of sp³-hybridized carbons (Fsp3) is 0.0800. The largest absolute Gasteiger partial charge is 0.472 e. The van der Waals surface area contributed by atoms with Crippen LogP contribution in [0, 0.1) is 0 Å². The lowest BCUT2D eigenvalue weighted by Crippen LogP contribution is -2.28. The molecular formula is C25H20N4O3. The van der Waals surface area contributed by atoms with Gasteiger partial charge in [0.2, 0.25) is 5.91 Å². The highest BCUT2D eigenvalue weighted by molar-refractivity contribution is 6.07. The van der Waals surface area contributed by atoms with E-state index in [4.69, 9.17) is 4.42 Å². The van der Waals surface area contributed by atoms with Gasteiger partial charge in [0.1, 0.15) is 6.26 Å². The molecule has 0 unspecified atom stereocenters. The lowest BCUT2D eigenvalue weighted by Gasteiger charge is -2.16. The van der Waals surface area contributed by atoms with Gasteiger partial charge in [-0.25, -0.2) is 4.68 Å². The van der Waals surface area contributed by atoms with Gasteiger partial charge in [-0.05, 0) is 54.5 Å². The Bertz CT molecular complexity index is 1290. The predicted octanol–water partition coefficient (Wildman–Crippen LogP) is 4.32. The maximum absolute atomic E-state index is 12.6. The van der Waals surface area contributed by atoms with Gasteiger partial charge in [0.15, 0.2) is 0 Å². The number of rotatable bonds is 5. The average Bonchev–Trinajstić information content (AvgIpc) is 3.58. The lowest BCUT2D eigenvalue weighted by molar-refractivity contribution is -0.111. The fourth-order valence-corrected chi connectivity index (χ4v) is 3.73. The molecule has 0 radical (unpaired) electrons. The molecule has 7 heteroatoms. The summed E-state index contributed by atoms with van der Waals surface area (Å²) < 4.78 is 6.78. The van der Waals surface area contributed by atoms with E-state index in [1.807, 2.05) is 48.7 Å². The van der Waals surface area contributed by atoms with Crippen LogP contribution in [0.4, 0.5) is 11.4 Å². The summed E-state index contributed by atoms with van der Waals surface area (Å²) in [6, 6.07) is 17.0. The highest BCUT2D eigenvalue weighted by Crippen LogP contribution is 2.31. The van der Waals surface area contributed by atoms with E-state index in [0.717, 1.165) is 28.9 Å². The summed E-state index contributed by atoms with van der Waals surface area (Å²) in [4.78, 5) is 26.7. The van der Waals surface area contributed by atoms with Gasteiger partial charge in [0.05, 0.1) is 23.7 Å². The van der Waals surface area contributed by atoms with E-state index < -0.39 is 0 Å². The summed E-state index contributed by atoms with van der Waals surface area (Å²) in [5.74, 6) is -0.324. The minimum Gasteiger partial charge on any atom is -0.472 e. The molecule has 0 saturated carbocycles. The number of carbonyl (C=O) groups is 2. The van der Waals surface area contributed by atoms with Crippen LogP contribution in [0.3, 0.4) is 0 Å². The van der Waals surface area contributed by atoms with Crippen molar-refractivity contribution in [2.75, 3.05) is 16.8 Å². The average molecular weight is 424 g/mol. The zero-order valence-corrected chi connectivity index (χ0v) is 17.1. The third-order valence-corrected chi connectivity index (χ3v) is 5.31. The topological polar surface area (TPSA) is 80.4 Å². The van der Waals surface area contributed by atoms with Gasteiger partial charge in [-0.15, -0.1) is 0 Å². The third-order valence-electron chi connectivity index (χ3n) is 5.31. The maximum atomic E-state index is 12.6. The zero-order valence-electron chi connectivity index (χ0n) is 17.1. The quantitative estimate of drug-likeness (QED) is 0.484. The van der Waals surface area contributed by atoms with Gasteiger partial charge in [-0.2, -0.15) is 5.10 Å². The lowest BCUT2D eigenvalue weighted by atomic mass is 10.1. The number of nitrogens with zero attached hydrogens (tertiary/aromatic N) is 3. The number of nitrogens with one attached hydrogen (secondary N) is 1. The van der Waals surface area contributed by atoms with E-state index in [9.17, 15) is 9.59 Å². The first-order valence-corrected chi connectivity index (χ1v) is 10.2. The van der Waals surface area contributed by atoms with Crippen LogP contribution in [0.25, 0.3) is 11.8 Å². The van der Waals surface area contributed by atoms with Crippen molar-refractivity contribution in [1.82, 2.24) is 9.78 Å². The molecule has 7 nitrogen and oxygen atoms in total. The van der Waals surface area contributed by atoms with Gasteiger partial charge in [-0.3, -0.25) is 9.59 Å². The molecule has 2 amide bonds. The highest BCUT2D eigenvalue weighted by Gasteiger charge is 2.26. The van der Waals surface area contributed by atoms with Crippen LogP contribution in [-0.2, 0) is 11.2 Å². The van der Waals surface area contributed by atoms with Crippen molar-refractivity contribution < 1.29 is 14.0 Å². The molecule has 1 N–H and O–H groups in total. The molecular weight excluding hydrogens is 404 g/mol. The minimum atomic E-state index is -0.235. The Morgan fingerprint density at radius 3 is 2.78 bits per heavy atom. The van der Waals surface area contributed by atoms with Gasteiger partial charge in [0, 0.05) is 35.8 Å². The number of anilines is 2. The number of fused-ring (bicyclic) bond motifs is 1. The molecule has 2 aromatic carbocycles. The highest BCUT2D eigenvalue weighted by atomic mass is 16.3. The smallest absolute Gasteiger partial charge is 0.261 e. The molecule has 0 fully saturated rings. The van der Waals surface area contributed by atoms with Crippen LogP contribution in [0.15, 0.2) is 90.0 Å². The van der Waals surface area contributed by atoms with Crippen molar-refractivity contribution in [3.63, 3.8) is 0 Å². The van der Waals surface area contributed by atoms with Gasteiger partial charge < -0.3 is 14.6 Å². The Hall–Kier alpha value is -4.39. The van der Waals surface area contributed by atoms with E-state index in [2.05, 4.69) is 10.4 Å². The van der Waals surface area contributed by atoms with Crippen molar-refractivity contribution in [2.24, 2.45) is 0 Å². The Kier molecular flexibility index (Phi) is 5.13. The van der Waals surface area contributed by atoms with Crippen LogP contribution in [0.1, 0.15) is 21.5 Å². The number of amides is 2. The summed E-state index contributed by atoms with van der Waals surface area (Å²) in [5, 5.41) is 7.20. The van der Waals surface area contributed by atoms with Crippen LogP contribution < -0.4 is 10.2 Å². The number of benzene rings is 2. The van der Waals surface area contributed by atoms with E-state index in [1.54, 1.807) is 34.0 Å². The minimum absolute atomic E-state index is 0.0896. The van der Waals surface area contributed by atoms with Crippen molar-refractivity contribution >= 4 is 29.3 Å². The number of hydrogen-bond donors (Lipinski definition) is 1. The summed E-state index contributed by atoms with van der Waals surface area (Å²) in [6.45, 7) is 0.599. The third kappa shape index (κ3) is 3.96. The molecule has 1 aliphatic heterocycles. The zero-order chi connectivity index (χ0) is 21.9. The Morgan fingerprint density at radius 1 is 1.09 bits per heavy atom. The second kappa shape index (κ2) is 8.39. The molecule has 1 aliphatic rings. The monoisotopic (exact) mass is 424 g/mol. The number of furan rings is 1. The second-order valence-corrected chi connectivity index (χ2v) is 7.44. The standard InChI is InChI=1S/C25H20N4O3/c30-24(9-6-18-15-26-29(16-18)22-4-2-1-3-5-22)27-21-7-8-23-19(14-21)10-12-28(23)25(31)20-11-13-32-17-20/h1-9,11,13-17H,10,12H2,(H,27,30)/b9-6+. The number of para-hydroxylation sites is 1. The van der Waals surface area contributed by atoms with Crippen LogP contribution >= 0.6 is 0 Å². The first kappa shape index (κ1) is 19.6. The van der Waals surface area contributed by atoms with Crippen LogP contribution in [0.5, 0.6) is 0 Å². The molecule has 2 aromatic heterocycles. The summed E-state index contributed by atoms with van der Waals surface area (Å²) in [5.41, 5.74) is 4.87. The molecule has 5 rings (SSSR count). The molecule has 3 heterocycles. The molecule has 0 aliphatic carbocycles. The van der Waals surface area contributed by atoms with Crippen molar-refractivity contribution in [3.8, 4) is 5.69 Å². The number of carbonyl (C=O) groups excluding carboxylic acids is 2. The molecule has 0 atom stereocenters. The predicted molar refractivity (Wildman–Crippen MR) is 122 cm³/mol. The van der Waals surface area contributed by atoms with Gasteiger partial charge >= 0.3 is 0 Å². The fourth-order valence-electron chi connectivity index (χ4n) is 3.73. The summed E-state index contributed by atoms with van der Waals surface area (Å²) >= 11 is 0. The second-order valence-electron chi connectivity index (χ2n) is 7.44. The molecule has 32 heavy (non-hydrogen) atoms. The van der Waals surface area contributed by atoms with Gasteiger partial charge in [0.25, 0.3) is 5.91 Å². The van der Waals surface area contributed by atoms with Crippen LogP contribution in [-0.4, -0.2) is 28.1 Å². The number of aromatic nitrogens is 2. The SMILES string of the molecule is O=C(/C=C/c1cnn(-c2ccccc2)c1)Nc1ccc2c(c1)CCN2C(=O)c1ccoc1. The van der Waals surface area contributed by atoms with Crippen molar-refractivity contribution in [3.05, 3.63) is 102 Å². The summed E-state index contributed by atoms with van der Waals surface area (Å²) in [6.07, 6.45) is 10.4. The van der Waals surface area contributed by atoms with E-state index in [0.29, 0.717) is 17.8 Å². The summed E-state index contributed by atoms with van der Waals surface area (Å²) in [7, 11) is 0. The first-order valence-electron chi connectivity index (χ1n) is 10.2. The van der Waals surface area contributed by atoms with E-state index in [-0.39, 0.29) is 11.8 Å².